The van der Waals surface area contributed by atoms with Crippen LogP contribution in [0.5, 0.6) is 0 Å². The summed E-state index contributed by atoms with van der Waals surface area (Å²) in [6.07, 6.45) is 61.2. The average molecular weight is 927 g/mol. The summed E-state index contributed by atoms with van der Waals surface area (Å²) in [5, 5.41) is 0. The van der Waals surface area contributed by atoms with Crippen molar-refractivity contribution in [2.75, 3.05) is 13.2 Å². The van der Waals surface area contributed by atoms with Crippen molar-refractivity contribution in [3.8, 4) is 0 Å². The molecule has 0 rings (SSSR count). The van der Waals surface area contributed by atoms with Crippen LogP contribution in [-0.4, -0.2) is 41.0 Å². The van der Waals surface area contributed by atoms with Gasteiger partial charge in [0.25, 0.3) is 0 Å². The number of carbonyl (C=O) groups excluding carboxylic acids is 2. The van der Waals surface area contributed by atoms with E-state index >= 15 is 0 Å². The van der Waals surface area contributed by atoms with E-state index < -0.39 is 32.5 Å². The lowest BCUT2D eigenvalue weighted by molar-refractivity contribution is -0.161. The fourth-order valence-corrected chi connectivity index (χ4v) is 8.98. The zero-order valence-electron chi connectivity index (χ0n) is 42.5. The number of carbonyl (C=O) groups is 2. The molecule has 0 heterocycles. The van der Waals surface area contributed by atoms with Gasteiger partial charge in [-0.3, -0.25) is 14.1 Å². The average Bonchev–Trinajstić information content (AvgIpc) is 3.27. The molecule has 0 aromatic rings. The van der Waals surface area contributed by atoms with E-state index in [0.717, 1.165) is 32.1 Å². The molecule has 380 valence electrons. The molecule has 0 fully saturated rings. The molecule has 0 amide bonds. The standard InChI is InChI=1S/C55H107O8P/c1-3-5-7-9-11-13-15-17-19-21-23-25-27-29-31-33-35-37-39-41-43-45-47-49-54(56)61-51-53(52-62-64(58,59)60)63-55(57)50-48-46-44-42-40-38-36-34-32-30-28-26-24-22-20-18-16-14-12-10-8-6-4-2/h41,43,53H,3-40,42,44-52H2,1-2H3,(H2,58,59,60)/b43-41+/t53-/m1/s1. The Bertz CT molecular complexity index is 1050. The molecule has 0 unspecified atom stereocenters. The van der Waals surface area contributed by atoms with E-state index in [0.29, 0.717) is 12.8 Å². The Kier molecular flexibility index (Phi) is 50.2. The quantitative estimate of drug-likeness (QED) is 0.0268. The van der Waals surface area contributed by atoms with E-state index in [2.05, 4.69) is 30.5 Å². The van der Waals surface area contributed by atoms with Gasteiger partial charge in [0.15, 0.2) is 6.10 Å². The smallest absolute Gasteiger partial charge is 0.462 e. The molecular formula is C55H107O8P. The van der Waals surface area contributed by atoms with Gasteiger partial charge in [-0.15, -0.1) is 0 Å². The molecule has 0 aromatic carbocycles. The third-order valence-corrected chi connectivity index (χ3v) is 13.3. The van der Waals surface area contributed by atoms with Crippen LogP contribution in [0.1, 0.15) is 309 Å². The number of unbranched alkanes of at least 4 members (excludes halogenated alkanes) is 41. The molecule has 0 aliphatic carbocycles. The SMILES string of the molecule is CCCCCCCCCCCCCCCCCCCC/C=C/CCCC(=O)OC[C@H](COP(=O)(O)O)OC(=O)CCCCCCCCCCCCCCCCCCCCCCCCC. The first-order valence-electron chi connectivity index (χ1n) is 28.0. The van der Waals surface area contributed by atoms with Gasteiger partial charge in [0.1, 0.15) is 6.61 Å². The number of hydrogen-bond donors (Lipinski definition) is 2. The molecule has 0 saturated carbocycles. The molecule has 9 heteroatoms. The first-order chi connectivity index (χ1) is 31.3. The minimum atomic E-state index is -4.76. The van der Waals surface area contributed by atoms with E-state index in [9.17, 15) is 14.2 Å². The third kappa shape index (κ3) is 53.4. The predicted molar refractivity (Wildman–Crippen MR) is 272 cm³/mol. The number of ether oxygens (including phenoxy) is 2. The van der Waals surface area contributed by atoms with Gasteiger partial charge in [-0.25, -0.2) is 4.57 Å². The van der Waals surface area contributed by atoms with Crippen LogP contribution in [0.3, 0.4) is 0 Å². The Morgan fingerprint density at radius 2 is 0.672 bits per heavy atom. The molecule has 0 bridgehead atoms. The van der Waals surface area contributed by atoms with Crippen molar-refractivity contribution in [3.63, 3.8) is 0 Å². The maximum absolute atomic E-state index is 12.5. The molecule has 0 aromatic heterocycles. The Morgan fingerprint density at radius 3 is 1.00 bits per heavy atom. The Labute approximate surface area is 397 Å². The van der Waals surface area contributed by atoms with Gasteiger partial charge in [-0.1, -0.05) is 276 Å². The van der Waals surface area contributed by atoms with E-state index in [4.69, 9.17) is 19.3 Å². The summed E-state index contributed by atoms with van der Waals surface area (Å²) < 4.78 is 26.6. The summed E-state index contributed by atoms with van der Waals surface area (Å²) >= 11 is 0. The van der Waals surface area contributed by atoms with Crippen LogP contribution in [0.4, 0.5) is 0 Å². The van der Waals surface area contributed by atoms with Crippen molar-refractivity contribution in [3.05, 3.63) is 12.2 Å². The van der Waals surface area contributed by atoms with Gasteiger partial charge < -0.3 is 19.3 Å². The molecule has 2 N–H and O–H groups in total. The van der Waals surface area contributed by atoms with E-state index in [1.54, 1.807) is 0 Å². The van der Waals surface area contributed by atoms with Gasteiger partial charge in [0, 0.05) is 12.8 Å². The molecule has 64 heavy (non-hydrogen) atoms. The van der Waals surface area contributed by atoms with E-state index in [1.807, 2.05) is 0 Å². The summed E-state index contributed by atoms with van der Waals surface area (Å²) in [7, 11) is -4.76. The highest BCUT2D eigenvalue weighted by molar-refractivity contribution is 7.46. The van der Waals surface area contributed by atoms with Crippen molar-refractivity contribution < 1.29 is 37.9 Å². The second-order valence-electron chi connectivity index (χ2n) is 19.3. The van der Waals surface area contributed by atoms with Gasteiger partial charge in [0.2, 0.25) is 0 Å². The Balaban J connectivity index is 3.75. The Hall–Kier alpha value is -1.21. The number of rotatable bonds is 53. The second-order valence-corrected chi connectivity index (χ2v) is 20.5. The number of phosphoric ester groups is 1. The summed E-state index contributed by atoms with van der Waals surface area (Å²) in [6.45, 7) is 3.74. The molecular weight excluding hydrogens is 820 g/mol. The largest absolute Gasteiger partial charge is 0.469 e. The number of hydrogen-bond acceptors (Lipinski definition) is 6. The number of phosphoric acid groups is 1. The van der Waals surface area contributed by atoms with E-state index in [-0.39, 0.29) is 19.4 Å². The van der Waals surface area contributed by atoms with Crippen LogP contribution in [0.2, 0.25) is 0 Å². The minimum absolute atomic E-state index is 0.214. The molecule has 0 radical (unpaired) electrons. The molecule has 0 saturated heterocycles. The lowest BCUT2D eigenvalue weighted by Crippen LogP contribution is -2.29. The fourth-order valence-electron chi connectivity index (χ4n) is 8.62. The van der Waals surface area contributed by atoms with Gasteiger partial charge in [0.05, 0.1) is 6.61 Å². The van der Waals surface area contributed by atoms with Crippen molar-refractivity contribution >= 4 is 19.8 Å². The minimum Gasteiger partial charge on any atom is -0.462 e. The molecule has 0 aliphatic rings. The molecule has 0 aliphatic heterocycles. The van der Waals surface area contributed by atoms with Gasteiger partial charge in [-0.05, 0) is 32.1 Å². The van der Waals surface area contributed by atoms with Crippen molar-refractivity contribution in [1.82, 2.24) is 0 Å². The lowest BCUT2D eigenvalue weighted by Gasteiger charge is -2.18. The summed E-state index contributed by atoms with van der Waals surface area (Å²) in [4.78, 5) is 43.2. The highest BCUT2D eigenvalue weighted by Crippen LogP contribution is 2.36. The highest BCUT2D eigenvalue weighted by atomic mass is 31.2. The second kappa shape index (κ2) is 51.2. The van der Waals surface area contributed by atoms with Crippen molar-refractivity contribution in [2.45, 2.75) is 315 Å². The van der Waals surface area contributed by atoms with Gasteiger partial charge in [-0.2, -0.15) is 0 Å². The number of allylic oxidation sites excluding steroid dienone is 2. The summed E-state index contributed by atoms with van der Waals surface area (Å²) in [5.41, 5.74) is 0. The normalized spacial score (nSPS) is 12.4. The van der Waals surface area contributed by atoms with Crippen LogP contribution >= 0.6 is 7.82 Å². The molecule has 1 atom stereocenters. The van der Waals surface area contributed by atoms with Gasteiger partial charge >= 0.3 is 19.8 Å². The van der Waals surface area contributed by atoms with Crippen LogP contribution in [0.25, 0.3) is 0 Å². The Morgan fingerprint density at radius 1 is 0.391 bits per heavy atom. The monoisotopic (exact) mass is 927 g/mol. The number of esters is 2. The summed E-state index contributed by atoms with van der Waals surface area (Å²) in [5.74, 6) is -0.900. The summed E-state index contributed by atoms with van der Waals surface area (Å²) in [6, 6.07) is 0. The van der Waals surface area contributed by atoms with E-state index in [1.165, 1.54) is 238 Å². The fraction of sp³-hybridized carbons (Fsp3) is 0.927. The zero-order chi connectivity index (χ0) is 46.7. The maximum Gasteiger partial charge on any atom is 0.469 e. The van der Waals surface area contributed by atoms with Crippen LogP contribution in [-0.2, 0) is 28.2 Å². The van der Waals surface area contributed by atoms with Crippen LogP contribution < -0.4 is 0 Å². The lowest BCUT2D eigenvalue weighted by atomic mass is 10.0. The molecule has 0 spiro atoms. The van der Waals surface area contributed by atoms with Crippen molar-refractivity contribution in [1.29, 1.82) is 0 Å². The van der Waals surface area contributed by atoms with Crippen LogP contribution in [0, 0.1) is 0 Å². The van der Waals surface area contributed by atoms with Crippen molar-refractivity contribution in [2.24, 2.45) is 0 Å². The van der Waals surface area contributed by atoms with Crippen LogP contribution in [0.15, 0.2) is 12.2 Å². The zero-order valence-corrected chi connectivity index (χ0v) is 43.4. The highest BCUT2D eigenvalue weighted by Gasteiger charge is 2.23. The topological polar surface area (TPSA) is 119 Å². The molecule has 8 nitrogen and oxygen atoms in total. The first kappa shape index (κ1) is 62.8. The third-order valence-electron chi connectivity index (χ3n) is 12.8. The predicted octanol–water partition coefficient (Wildman–Crippen LogP) is 18.1. The maximum atomic E-state index is 12.5. The first-order valence-corrected chi connectivity index (χ1v) is 29.5.